The van der Waals surface area contributed by atoms with Gasteiger partial charge >= 0.3 is 0 Å². The third-order valence-electron chi connectivity index (χ3n) is 2.97. The Morgan fingerprint density at radius 3 is 2.63 bits per heavy atom. The summed E-state index contributed by atoms with van der Waals surface area (Å²) in [5.74, 6) is 0. The highest BCUT2D eigenvalue weighted by atomic mass is 16.3. The predicted molar refractivity (Wildman–Crippen MR) is 79.2 cm³/mol. The van der Waals surface area contributed by atoms with Crippen molar-refractivity contribution in [1.82, 2.24) is 10.3 Å². The molecule has 2 N–H and O–H groups in total. The summed E-state index contributed by atoms with van der Waals surface area (Å²) in [4.78, 5) is 4.57. The third kappa shape index (κ3) is 4.30. The molecule has 1 aromatic heterocycles. The van der Waals surface area contributed by atoms with Crippen LogP contribution in [0.4, 0.5) is 0 Å². The van der Waals surface area contributed by atoms with Gasteiger partial charge in [0.2, 0.25) is 0 Å². The Kier molecular flexibility index (Phi) is 4.17. The number of para-hydroxylation sites is 1. The number of rotatable bonds is 4. The van der Waals surface area contributed by atoms with E-state index in [1.54, 1.807) is 0 Å². The average molecular weight is 258 g/mol. The van der Waals surface area contributed by atoms with Gasteiger partial charge in [0.15, 0.2) is 0 Å². The molecule has 1 atom stereocenters. The van der Waals surface area contributed by atoms with Crippen molar-refractivity contribution >= 4 is 10.9 Å². The van der Waals surface area contributed by atoms with Crippen molar-refractivity contribution in [2.45, 2.75) is 38.8 Å². The molecule has 0 aliphatic carbocycles. The van der Waals surface area contributed by atoms with E-state index in [-0.39, 0.29) is 5.54 Å². The maximum atomic E-state index is 10.0. The zero-order valence-corrected chi connectivity index (χ0v) is 11.9. The summed E-state index contributed by atoms with van der Waals surface area (Å²) in [6.07, 6.45) is 0.168. The van der Waals surface area contributed by atoms with Crippen LogP contribution >= 0.6 is 0 Å². The SMILES string of the molecule is CC(C)(C)NCC(O)Cc1ccc2ccccc2n1. The van der Waals surface area contributed by atoms with Crippen molar-refractivity contribution in [3.63, 3.8) is 0 Å². The second-order valence-corrected chi connectivity index (χ2v) is 5.98. The van der Waals surface area contributed by atoms with Crippen LogP contribution in [0.3, 0.4) is 0 Å². The number of aromatic nitrogens is 1. The molecule has 0 spiro atoms. The van der Waals surface area contributed by atoms with Crippen LogP contribution in [-0.2, 0) is 6.42 Å². The van der Waals surface area contributed by atoms with Crippen LogP contribution in [0, 0.1) is 0 Å². The monoisotopic (exact) mass is 258 g/mol. The van der Waals surface area contributed by atoms with Gasteiger partial charge in [-0.1, -0.05) is 24.3 Å². The molecule has 2 rings (SSSR count). The smallest absolute Gasteiger partial charge is 0.0720 e. The Hall–Kier alpha value is -1.45. The fraction of sp³-hybridized carbons (Fsp3) is 0.438. The van der Waals surface area contributed by atoms with Gasteiger partial charge in [0.25, 0.3) is 0 Å². The zero-order chi connectivity index (χ0) is 13.9. The van der Waals surface area contributed by atoms with Crippen LogP contribution in [0.2, 0.25) is 0 Å². The fourth-order valence-corrected chi connectivity index (χ4v) is 1.96. The first kappa shape index (κ1) is 14.0. The number of pyridine rings is 1. The summed E-state index contributed by atoms with van der Waals surface area (Å²) < 4.78 is 0. The third-order valence-corrected chi connectivity index (χ3v) is 2.97. The minimum absolute atomic E-state index is 0.0256. The first-order valence-corrected chi connectivity index (χ1v) is 6.72. The van der Waals surface area contributed by atoms with Gasteiger partial charge in [0.05, 0.1) is 11.6 Å². The molecule has 1 aromatic carbocycles. The lowest BCUT2D eigenvalue weighted by Crippen LogP contribution is -2.41. The Labute approximate surface area is 114 Å². The summed E-state index contributed by atoms with van der Waals surface area (Å²) in [6, 6.07) is 12.1. The molecule has 0 bridgehead atoms. The predicted octanol–water partition coefficient (Wildman–Crippen LogP) is 2.53. The Balaban J connectivity index is 2.00. The number of hydrogen-bond acceptors (Lipinski definition) is 3. The highest BCUT2D eigenvalue weighted by molar-refractivity contribution is 5.78. The summed E-state index contributed by atoms with van der Waals surface area (Å²) in [5.41, 5.74) is 1.94. The highest BCUT2D eigenvalue weighted by Crippen LogP contribution is 2.12. The highest BCUT2D eigenvalue weighted by Gasteiger charge is 2.13. The van der Waals surface area contributed by atoms with Gasteiger partial charge in [-0.25, -0.2) is 0 Å². The van der Waals surface area contributed by atoms with Gasteiger partial charge in [-0.2, -0.15) is 0 Å². The molecule has 0 aliphatic rings. The molecule has 3 heteroatoms. The number of benzene rings is 1. The van der Waals surface area contributed by atoms with Crippen molar-refractivity contribution in [1.29, 1.82) is 0 Å². The van der Waals surface area contributed by atoms with Crippen LogP contribution in [0.15, 0.2) is 36.4 Å². The molecule has 102 valence electrons. The van der Waals surface area contributed by atoms with Crippen LogP contribution < -0.4 is 5.32 Å². The van der Waals surface area contributed by atoms with Crippen LogP contribution in [0.5, 0.6) is 0 Å². The number of hydrogen-bond donors (Lipinski definition) is 2. The fourth-order valence-electron chi connectivity index (χ4n) is 1.96. The molecular formula is C16H22N2O. The van der Waals surface area contributed by atoms with Gasteiger partial charge < -0.3 is 10.4 Å². The molecule has 2 aromatic rings. The van der Waals surface area contributed by atoms with E-state index < -0.39 is 6.10 Å². The van der Waals surface area contributed by atoms with Crippen LogP contribution in [0.25, 0.3) is 10.9 Å². The van der Waals surface area contributed by atoms with E-state index in [1.165, 1.54) is 0 Å². The summed E-state index contributed by atoms with van der Waals surface area (Å²) in [7, 11) is 0. The molecule has 0 aliphatic heterocycles. The maximum absolute atomic E-state index is 10.0. The molecule has 0 saturated heterocycles. The van der Waals surface area contributed by atoms with Gasteiger partial charge in [-0.3, -0.25) is 4.98 Å². The van der Waals surface area contributed by atoms with Crippen LogP contribution in [-0.4, -0.2) is 28.3 Å². The number of aliphatic hydroxyl groups is 1. The summed E-state index contributed by atoms with van der Waals surface area (Å²) in [5, 5.41) is 14.5. The minimum Gasteiger partial charge on any atom is -0.391 e. The van der Waals surface area contributed by atoms with Crippen molar-refractivity contribution < 1.29 is 5.11 Å². The normalized spacial score (nSPS) is 13.7. The van der Waals surface area contributed by atoms with Crippen molar-refractivity contribution in [2.75, 3.05) is 6.54 Å². The molecule has 0 saturated carbocycles. The molecular weight excluding hydrogens is 236 g/mol. The molecule has 0 fully saturated rings. The van der Waals surface area contributed by atoms with E-state index in [0.717, 1.165) is 16.6 Å². The van der Waals surface area contributed by atoms with Crippen molar-refractivity contribution in [2.24, 2.45) is 0 Å². The minimum atomic E-state index is -0.409. The summed E-state index contributed by atoms with van der Waals surface area (Å²) in [6.45, 7) is 6.86. The average Bonchev–Trinajstić information content (AvgIpc) is 2.35. The largest absolute Gasteiger partial charge is 0.391 e. The number of β-amino-alcohol motifs (C(OH)–C–C–N with tert-alkyl or cyclic N) is 1. The van der Waals surface area contributed by atoms with E-state index in [1.807, 2.05) is 30.3 Å². The number of nitrogens with zero attached hydrogens (tertiary/aromatic N) is 1. The number of fused-ring (bicyclic) bond motifs is 1. The lowest BCUT2D eigenvalue weighted by atomic mass is 10.1. The summed E-state index contributed by atoms with van der Waals surface area (Å²) >= 11 is 0. The topological polar surface area (TPSA) is 45.1 Å². The standard InChI is InChI=1S/C16H22N2O/c1-16(2,3)17-11-14(19)10-13-9-8-12-6-4-5-7-15(12)18-13/h4-9,14,17,19H,10-11H2,1-3H3. The lowest BCUT2D eigenvalue weighted by molar-refractivity contribution is 0.160. The molecule has 19 heavy (non-hydrogen) atoms. The van der Waals surface area contributed by atoms with Gasteiger partial charge in [0.1, 0.15) is 0 Å². The van der Waals surface area contributed by atoms with Crippen molar-refractivity contribution in [3.8, 4) is 0 Å². The molecule has 1 heterocycles. The number of nitrogens with one attached hydrogen (secondary N) is 1. The Morgan fingerprint density at radius 2 is 1.89 bits per heavy atom. The van der Waals surface area contributed by atoms with E-state index in [4.69, 9.17) is 0 Å². The molecule has 1 unspecified atom stereocenters. The first-order chi connectivity index (χ1) is 8.94. The van der Waals surface area contributed by atoms with Crippen LogP contribution in [0.1, 0.15) is 26.5 Å². The second-order valence-electron chi connectivity index (χ2n) is 5.98. The first-order valence-electron chi connectivity index (χ1n) is 6.72. The maximum Gasteiger partial charge on any atom is 0.0720 e. The quantitative estimate of drug-likeness (QED) is 0.885. The molecule has 3 nitrogen and oxygen atoms in total. The Bertz CT molecular complexity index is 546. The van der Waals surface area contributed by atoms with Gasteiger partial charge in [0, 0.05) is 29.6 Å². The zero-order valence-electron chi connectivity index (χ0n) is 11.9. The molecule has 0 radical (unpaired) electrons. The van der Waals surface area contributed by atoms with E-state index >= 15 is 0 Å². The van der Waals surface area contributed by atoms with E-state index in [0.29, 0.717) is 13.0 Å². The van der Waals surface area contributed by atoms with E-state index in [2.05, 4.69) is 37.1 Å². The molecule has 0 amide bonds. The number of aliphatic hydroxyl groups excluding tert-OH is 1. The van der Waals surface area contributed by atoms with Gasteiger partial charge in [-0.15, -0.1) is 0 Å². The second kappa shape index (κ2) is 5.68. The van der Waals surface area contributed by atoms with E-state index in [9.17, 15) is 5.11 Å². The lowest BCUT2D eigenvalue weighted by Gasteiger charge is -2.22. The van der Waals surface area contributed by atoms with Gasteiger partial charge in [-0.05, 0) is 32.9 Å². The Morgan fingerprint density at radius 1 is 1.16 bits per heavy atom. The van der Waals surface area contributed by atoms with Crippen molar-refractivity contribution in [3.05, 3.63) is 42.1 Å².